The largest absolute Gasteiger partial charge is 0.472 e. The van der Waals surface area contributed by atoms with Crippen LogP contribution in [-0.4, -0.2) is 74.3 Å². The minimum absolute atomic E-state index is 0.0350. The van der Waals surface area contributed by atoms with Crippen molar-refractivity contribution in [2.24, 2.45) is 0 Å². The van der Waals surface area contributed by atoms with Gasteiger partial charge in [0.1, 0.15) is 19.3 Å². The Balaban J connectivity index is 5.26. The molecule has 424 valence electrons. The van der Waals surface area contributed by atoms with Crippen LogP contribution in [0, 0.1) is 0 Å². The zero-order chi connectivity index (χ0) is 53.6. The van der Waals surface area contributed by atoms with Gasteiger partial charge in [-0.15, -0.1) is 0 Å². The number of hydrogen-bond donors (Lipinski definition) is 2. The Bertz CT molecular complexity index is 1480. The minimum Gasteiger partial charge on any atom is -0.456 e. The highest BCUT2D eigenvalue weighted by Crippen LogP contribution is 2.43. The third kappa shape index (κ3) is 54.1. The molecule has 0 aromatic rings. The number of phosphoric acid groups is 1. The highest BCUT2D eigenvalue weighted by atomic mass is 31.2. The quantitative estimate of drug-likeness (QED) is 0.0205. The van der Waals surface area contributed by atoms with Crippen molar-refractivity contribution in [2.45, 2.75) is 277 Å². The van der Waals surface area contributed by atoms with E-state index in [1.165, 1.54) is 122 Å². The van der Waals surface area contributed by atoms with Crippen molar-refractivity contribution in [3.8, 4) is 0 Å². The summed E-state index contributed by atoms with van der Waals surface area (Å²) in [7, 11) is 1.48. The molecular weight excluding hydrogens is 928 g/mol. The number of rotatable bonds is 54. The summed E-state index contributed by atoms with van der Waals surface area (Å²) in [5, 5.41) is 3.05. The molecule has 0 aromatic carbocycles. The summed E-state index contributed by atoms with van der Waals surface area (Å²) >= 11 is 0. The number of quaternary nitrogens is 1. The van der Waals surface area contributed by atoms with Gasteiger partial charge in [-0.1, -0.05) is 229 Å². The fraction of sp³-hybridized carbons (Fsp3) is 0.778. The lowest BCUT2D eigenvalue weighted by atomic mass is 10.0. The van der Waals surface area contributed by atoms with Crippen LogP contribution in [0.2, 0.25) is 0 Å². The van der Waals surface area contributed by atoms with Crippen molar-refractivity contribution in [1.82, 2.24) is 5.32 Å². The van der Waals surface area contributed by atoms with Crippen LogP contribution in [0.4, 0.5) is 0 Å². The van der Waals surface area contributed by atoms with Gasteiger partial charge in [-0.3, -0.25) is 18.6 Å². The third-order valence-electron chi connectivity index (χ3n) is 13.1. The highest BCUT2D eigenvalue weighted by molar-refractivity contribution is 7.47. The molecule has 0 aliphatic carbocycles. The number of esters is 1. The maximum absolute atomic E-state index is 13.5. The molecule has 0 bridgehead atoms. The second kappa shape index (κ2) is 52.9. The SMILES string of the molecule is CC/C=C/C/C=C/CCCCCCCCCC(=O)OC(/C=C\CCCCCCCCCCCC)C(COP(=O)(O)OCC[N+](C)(C)C)NC(=O)CCCCCCCCCC/C=C\C/C=C\C/C=C\CCCCC. The number of carbonyl (C=O) groups excluding carboxylic acids is 2. The van der Waals surface area contributed by atoms with Crippen LogP contribution in [0.3, 0.4) is 0 Å². The van der Waals surface area contributed by atoms with E-state index >= 15 is 0 Å². The van der Waals surface area contributed by atoms with E-state index in [0.717, 1.165) is 109 Å². The first kappa shape index (κ1) is 70.5. The van der Waals surface area contributed by atoms with Crippen LogP contribution in [-0.2, 0) is 27.9 Å². The minimum atomic E-state index is -4.45. The van der Waals surface area contributed by atoms with Gasteiger partial charge in [-0.25, -0.2) is 4.57 Å². The smallest absolute Gasteiger partial charge is 0.456 e. The zero-order valence-corrected chi connectivity index (χ0v) is 49.3. The van der Waals surface area contributed by atoms with Crippen molar-refractivity contribution >= 4 is 19.7 Å². The van der Waals surface area contributed by atoms with Crippen molar-refractivity contribution in [1.29, 1.82) is 0 Å². The molecule has 0 aromatic heterocycles. The summed E-state index contributed by atoms with van der Waals surface area (Å²) in [6, 6.07) is -0.857. The molecule has 3 unspecified atom stereocenters. The molecule has 1 amide bonds. The first-order valence-electron chi connectivity index (χ1n) is 30.3. The number of likely N-dealkylation sites (N-methyl/N-ethyl adjacent to an activating group) is 1. The zero-order valence-electron chi connectivity index (χ0n) is 48.4. The first-order chi connectivity index (χ1) is 35.4. The van der Waals surface area contributed by atoms with E-state index < -0.39 is 20.0 Å². The topological polar surface area (TPSA) is 111 Å². The molecule has 3 atom stereocenters. The molecule has 0 saturated carbocycles. The van der Waals surface area contributed by atoms with Crippen molar-refractivity contribution < 1.29 is 37.3 Å². The van der Waals surface area contributed by atoms with Gasteiger partial charge in [0, 0.05) is 12.8 Å². The van der Waals surface area contributed by atoms with Crippen LogP contribution in [0.25, 0.3) is 0 Å². The van der Waals surface area contributed by atoms with E-state index in [1.807, 2.05) is 33.3 Å². The molecule has 0 aliphatic rings. The Kier molecular flexibility index (Phi) is 51.0. The van der Waals surface area contributed by atoms with Crippen molar-refractivity contribution in [2.75, 3.05) is 40.9 Å². The van der Waals surface area contributed by atoms with Gasteiger partial charge in [0.15, 0.2) is 0 Å². The van der Waals surface area contributed by atoms with Gasteiger partial charge < -0.3 is 19.4 Å². The summed E-state index contributed by atoms with van der Waals surface area (Å²) in [4.78, 5) is 37.6. The van der Waals surface area contributed by atoms with E-state index in [9.17, 15) is 19.0 Å². The van der Waals surface area contributed by atoms with E-state index in [2.05, 4.69) is 86.8 Å². The molecule has 0 spiro atoms. The number of hydrogen-bond acceptors (Lipinski definition) is 6. The van der Waals surface area contributed by atoms with E-state index in [4.69, 9.17) is 13.8 Å². The highest BCUT2D eigenvalue weighted by Gasteiger charge is 2.30. The monoisotopic (exact) mass is 1040 g/mol. The first-order valence-corrected chi connectivity index (χ1v) is 31.8. The van der Waals surface area contributed by atoms with Crippen LogP contribution in [0.15, 0.2) is 72.9 Å². The lowest BCUT2D eigenvalue weighted by Gasteiger charge is -2.27. The molecule has 2 N–H and O–H groups in total. The fourth-order valence-electron chi connectivity index (χ4n) is 8.45. The Labute approximate surface area is 451 Å². The summed E-state index contributed by atoms with van der Waals surface area (Å²) in [5.74, 6) is -0.522. The van der Waals surface area contributed by atoms with E-state index in [-0.39, 0.29) is 31.5 Å². The Morgan fingerprint density at radius 1 is 0.493 bits per heavy atom. The third-order valence-corrected chi connectivity index (χ3v) is 14.1. The number of ether oxygens (including phenoxy) is 1. The molecule has 73 heavy (non-hydrogen) atoms. The number of allylic oxidation sites excluding steroid dienone is 11. The number of nitrogens with one attached hydrogen (secondary N) is 1. The van der Waals surface area contributed by atoms with Gasteiger partial charge in [-0.05, 0) is 96.0 Å². The average molecular weight is 1040 g/mol. The predicted octanol–water partition coefficient (Wildman–Crippen LogP) is 18.4. The maximum Gasteiger partial charge on any atom is 0.472 e. The summed E-state index contributed by atoms with van der Waals surface area (Å²) in [5.41, 5.74) is 0. The summed E-state index contributed by atoms with van der Waals surface area (Å²) in [6.45, 7) is 6.87. The van der Waals surface area contributed by atoms with Crippen LogP contribution >= 0.6 is 7.82 Å². The normalized spacial score (nSPS) is 14.2. The van der Waals surface area contributed by atoms with Crippen LogP contribution in [0.1, 0.15) is 265 Å². The lowest BCUT2D eigenvalue weighted by molar-refractivity contribution is -0.870. The van der Waals surface area contributed by atoms with Gasteiger partial charge in [0.05, 0.1) is 33.8 Å². The molecule has 0 radical (unpaired) electrons. The standard InChI is InChI=1S/C63H115N2O7P/c1-7-10-13-16-19-22-25-28-30-31-32-33-34-35-36-37-40-43-46-49-52-55-62(66)64-60(59-71-73(68,69)70-58-57-65(4,5)6)61(54-51-48-45-42-39-27-24-21-18-15-12-9-3)72-63(67)56-53-50-47-44-41-38-29-26-23-20-17-14-11-8-2/h11,14,19-20,22-23,28,30,32-33,51,54,60-61H,7-10,12-13,15-18,21,24-27,29,31,34-50,52-53,55-59H2,1-6H3,(H-,64,66,68,69)/p+1/b14-11+,22-19-,23-20+,30-28-,33-32-,54-51-. The van der Waals surface area contributed by atoms with Crippen molar-refractivity contribution in [3.05, 3.63) is 72.9 Å². The molecule has 10 heteroatoms. The van der Waals surface area contributed by atoms with Gasteiger partial charge in [0.2, 0.25) is 5.91 Å². The predicted molar refractivity (Wildman–Crippen MR) is 314 cm³/mol. The summed E-state index contributed by atoms with van der Waals surface area (Å²) < 4.78 is 30.6. The number of carbonyl (C=O) groups is 2. The van der Waals surface area contributed by atoms with Crippen molar-refractivity contribution in [3.63, 3.8) is 0 Å². The van der Waals surface area contributed by atoms with Gasteiger partial charge in [-0.2, -0.15) is 0 Å². The fourth-order valence-corrected chi connectivity index (χ4v) is 9.19. The Morgan fingerprint density at radius 3 is 1.34 bits per heavy atom. The molecule has 0 fully saturated rings. The van der Waals surface area contributed by atoms with Crippen LogP contribution < -0.4 is 5.32 Å². The molecule has 0 rings (SSSR count). The molecule has 0 saturated heterocycles. The Hall–Kier alpha value is -2.55. The lowest BCUT2D eigenvalue weighted by Crippen LogP contribution is -2.47. The molecular formula is C63H116N2O7P+. The summed E-state index contributed by atoms with van der Waals surface area (Å²) in [6.07, 6.45) is 67.5. The number of amides is 1. The van der Waals surface area contributed by atoms with Gasteiger partial charge in [0.25, 0.3) is 0 Å². The second-order valence-electron chi connectivity index (χ2n) is 21.5. The maximum atomic E-state index is 13.5. The van der Waals surface area contributed by atoms with E-state index in [1.54, 1.807) is 0 Å². The molecule has 9 nitrogen and oxygen atoms in total. The van der Waals surface area contributed by atoms with Crippen LogP contribution in [0.5, 0.6) is 0 Å². The Morgan fingerprint density at radius 2 is 0.877 bits per heavy atom. The number of unbranched alkanes of at least 4 members (excludes halogenated alkanes) is 28. The average Bonchev–Trinajstić information content (AvgIpc) is 3.35. The number of nitrogens with zero attached hydrogens (tertiary/aromatic N) is 1. The second-order valence-corrected chi connectivity index (χ2v) is 22.9. The van der Waals surface area contributed by atoms with Gasteiger partial charge >= 0.3 is 13.8 Å². The molecule has 0 heterocycles. The number of phosphoric ester groups is 1. The van der Waals surface area contributed by atoms with E-state index in [0.29, 0.717) is 17.4 Å². The molecule has 0 aliphatic heterocycles.